The summed E-state index contributed by atoms with van der Waals surface area (Å²) in [4.78, 5) is 36.5. The van der Waals surface area contributed by atoms with Gasteiger partial charge in [-0.2, -0.15) is 11.8 Å². The Morgan fingerprint density at radius 2 is 0.935 bits per heavy atom. The van der Waals surface area contributed by atoms with Gasteiger partial charge in [0.05, 0.1) is 12.5 Å². The van der Waals surface area contributed by atoms with Crippen molar-refractivity contribution in [2.45, 2.75) is 194 Å². The van der Waals surface area contributed by atoms with Gasteiger partial charge in [-0.05, 0) is 50.5 Å². The molecule has 0 spiro atoms. The maximum Gasteiger partial charge on any atom is 1.00 e. The van der Waals surface area contributed by atoms with Gasteiger partial charge in [-0.1, -0.05) is 142 Å². The second kappa shape index (κ2) is 39.2. The standard InChI is InChI=1S/C38H74N2O4S.Na/c1-3-5-6-7-8-9-13-18-23-28-33-45-34-29-24-19-14-11-16-21-26-31-37(42)40(4-2)32-27-22-17-12-10-15-20-25-30-36(41)39-35-38(43)44;/h3-35H2,1-2H3,(H,39,41)(H,43,44);/q;+1/p-1. The second-order valence-corrected chi connectivity index (χ2v) is 14.3. The molecular weight excluding hydrogens is 603 g/mol. The Labute approximate surface area is 311 Å². The normalized spacial score (nSPS) is 10.9. The molecule has 0 aliphatic rings. The first kappa shape index (κ1) is 47.9. The minimum Gasteiger partial charge on any atom is -0.548 e. The van der Waals surface area contributed by atoms with Crippen LogP contribution in [0.15, 0.2) is 0 Å². The van der Waals surface area contributed by atoms with E-state index in [-0.39, 0.29) is 35.5 Å². The summed E-state index contributed by atoms with van der Waals surface area (Å²) in [6, 6.07) is 0. The van der Waals surface area contributed by atoms with Gasteiger partial charge in [-0.25, -0.2) is 0 Å². The van der Waals surface area contributed by atoms with Crippen LogP contribution in [-0.4, -0.2) is 53.8 Å². The van der Waals surface area contributed by atoms with Gasteiger partial charge in [0.2, 0.25) is 11.8 Å². The van der Waals surface area contributed by atoms with Gasteiger partial charge in [0, 0.05) is 25.9 Å². The van der Waals surface area contributed by atoms with Gasteiger partial charge < -0.3 is 20.1 Å². The number of carbonyl (C=O) groups excluding carboxylic acids is 3. The van der Waals surface area contributed by atoms with E-state index in [1.54, 1.807) is 0 Å². The van der Waals surface area contributed by atoms with Crippen LogP contribution in [0.4, 0.5) is 0 Å². The molecule has 1 N–H and O–H groups in total. The quantitative estimate of drug-likeness (QED) is 0.0615. The first-order valence-corrected chi connectivity index (χ1v) is 20.5. The van der Waals surface area contributed by atoms with E-state index in [1.807, 2.05) is 4.90 Å². The largest absolute Gasteiger partial charge is 1.00 e. The summed E-state index contributed by atoms with van der Waals surface area (Å²) in [5, 5.41) is 12.7. The molecule has 0 bridgehead atoms. The first-order chi connectivity index (χ1) is 22.0. The molecule has 0 aromatic heterocycles. The van der Waals surface area contributed by atoms with Gasteiger partial charge in [0.15, 0.2) is 0 Å². The predicted molar refractivity (Wildman–Crippen MR) is 193 cm³/mol. The molecule has 0 aliphatic heterocycles. The van der Waals surface area contributed by atoms with Crippen LogP contribution >= 0.6 is 11.8 Å². The zero-order chi connectivity index (χ0) is 33.1. The van der Waals surface area contributed by atoms with E-state index in [2.05, 4.69) is 30.9 Å². The molecule has 266 valence electrons. The van der Waals surface area contributed by atoms with Crippen LogP contribution in [0.25, 0.3) is 0 Å². The number of thioether (sulfide) groups is 1. The van der Waals surface area contributed by atoms with Crippen molar-refractivity contribution >= 4 is 29.5 Å². The number of nitrogens with zero attached hydrogens (tertiary/aromatic N) is 1. The maximum atomic E-state index is 12.6. The van der Waals surface area contributed by atoms with E-state index in [1.165, 1.54) is 134 Å². The number of hydrogen-bond acceptors (Lipinski definition) is 5. The van der Waals surface area contributed by atoms with Crippen molar-refractivity contribution in [3.63, 3.8) is 0 Å². The molecule has 2 amide bonds. The van der Waals surface area contributed by atoms with Gasteiger partial charge in [0.1, 0.15) is 0 Å². The van der Waals surface area contributed by atoms with Crippen LogP contribution in [0.3, 0.4) is 0 Å². The molecule has 0 aromatic carbocycles. The fourth-order valence-electron chi connectivity index (χ4n) is 5.86. The van der Waals surface area contributed by atoms with E-state index in [9.17, 15) is 19.5 Å². The predicted octanol–water partition coefficient (Wildman–Crippen LogP) is 6.38. The van der Waals surface area contributed by atoms with Gasteiger partial charge in [0.25, 0.3) is 0 Å². The Bertz CT molecular complexity index is 683. The van der Waals surface area contributed by atoms with Crippen LogP contribution in [0, 0.1) is 0 Å². The summed E-state index contributed by atoms with van der Waals surface area (Å²) >= 11 is 2.17. The minimum absolute atomic E-state index is 0. The monoisotopic (exact) mass is 677 g/mol. The summed E-state index contributed by atoms with van der Waals surface area (Å²) < 4.78 is 0. The molecule has 46 heavy (non-hydrogen) atoms. The number of rotatable bonds is 36. The molecule has 0 aliphatic carbocycles. The number of nitrogens with one attached hydrogen (secondary N) is 1. The number of carboxylic acid groups (broad SMARTS) is 1. The summed E-state index contributed by atoms with van der Waals surface area (Å²) in [6.45, 7) is 5.67. The summed E-state index contributed by atoms with van der Waals surface area (Å²) in [5.41, 5.74) is 0. The third-order valence-electron chi connectivity index (χ3n) is 8.82. The molecule has 0 unspecified atom stereocenters. The van der Waals surface area contributed by atoms with E-state index >= 15 is 0 Å². The van der Waals surface area contributed by atoms with E-state index < -0.39 is 12.5 Å². The average Bonchev–Trinajstić information content (AvgIpc) is 3.03. The average molecular weight is 677 g/mol. The number of carbonyl (C=O) groups is 3. The molecule has 0 fully saturated rings. The molecular formula is C38H73N2NaO4S. The number of aliphatic carboxylic acids is 1. The van der Waals surface area contributed by atoms with Gasteiger partial charge in [-0.3, -0.25) is 9.59 Å². The molecule has 0 aromatic rings. The van der Waals surface area contributed by atoms with Crippen molar-refractivity contribution in [1.82, 2.24) is 10.2 Å². The van der Waals surface area contributed by atoms with Crippen LogP contribution in [0.2, 0.25) is 0 Å². The van der Waals surface area contributed by atoms with Crippen molar-refractivity contribution in [2.24, 2.45) is 0 Å². The number of hydrogen-bond donors (Lipinski definition) is 1. The Hall–Kier alpha value is -0.240. The Morgan fingerprint density at radius 1 is 0.543 bits per heavy atom. The Balaban J connectivity index is 0. The molecule has 0 atom stereocenters. The number of unbranched alkanes of at least 4 members (excludes halogenated alkanes) is 23. The molecule has 8 heteroatoms. The fraction of sp³-hybridized carbons (Fsp3) is 0.921. The minimum atomic E-state index is -1.25. The van der Waals surface area contributed by atoms with Gasteiger partial charge in [-0.15, -0.1) is 0 Å². The van der Waals surface area contributed by atoms with Gasteiger partial charge >= 0.3 is 29.6 Å². The SMILES string of the molecule is CCCCCCCCCCCCSCCCCCCCCCCC(=O)N(CC)CCCCCCCCCCC(=O)NCC(=O)[O-].[Na+]. The van der Waals surface area contributed by atoms with Crippen molar-refractivity contribution in [3.8, 4) is 0 Å². The van der Waals surface area contributed by atoms with Crippen molar-refractivity contribution in [2.75, 3.05) is 31.1 Å². The van der Waals surface area contributed by atoms with Crippen LogP contribution in [0.5, 0.6) is 0 Å². The molecule has 0 saturated heterocycles. The fourth-order valence-corrected chi connectivity index (χ4v) is 6.88. The summed E-state index contributed by atoms with van der Waals surface area (Å²) in [7, 11) is 0. The van der Waals surface area contributed by atoms with Crippen LogP contribution in [-0.2, 0) is 14.4 Å². The Morgan fingerprint density at radius 3 is 1.37 bits per heavy atom. The van der Waals surface area contributed by atoms with E-state index in [4.69, 9.17) is 0 Å². The summed E-state index contributed by atoms with van der Waals surface area (Å²) in [6.07, 6.45) is 34.3. The Kier molecular flexibility index (Phi) is 40.8. The van der Waals surface area contributed by atoms with Crippen molar-refractivity contribution in [1.29, 1.82) is 0 Å². The molecule has 0 heterocycles. The second-order valence-electron chi connectivity index (χ2n) is 13.1. The molecule has 0 saturated carbocycles. The van der Waals surface area contributed by atoms with Crippen molar-refractivity contribution < 1.29 is 49.0 Å². The zero-order valence-corrected chi connectivity index (χ0v) is 33.6. The van der Waals surface area contributed by atoms with E-state index in [0.717, 1.165) is 58.0 Å². The smallest absolute Gasteiger partial charge is 0.548 e. The topological polar surface area (TPSA) is 89.5 Å². The first-order valence-electron chi connectivity index (χ1n) is 19.3. The third-order valence-corrected chi connectivity index (χ3v) is 9.97. The number of carboxylic acids is 1. The zero-order valence-electron chi connectivity index (χ0n) is 30.8. The molecule has 0 radical (unpaired) electrons. The summed E-state index contributed by atoms with van der Waals surface area (Å²) in [5.74, 6) is 1.56. The number of amides is 2. The van der Waals surface area contributed by atoms with Crippen LogP contribution < -0.4 is 40.0 Å². The van der Waals surface area contributed by atoms with Crippen molar-refractivity contribution in [3.05, 3.63) is 0 Å². The molecule has 6 nitrogen and oxygen atoms in total. The maximum absolute atomic E-state index is 12.6. The third kappa shape index (κ3) is 36.6. The molecule has 0 rings (SSSR count). The van der Waals surface area contributed by atoms with Crippen LogP contribution in [0.1, 0.15) is 194 Å². The van der Waals surface area contributed by atoms with E-state index in [0.29, 0.717) is 18.7 Å².